The number of nitrogens with zero attached hydrogens (tertiary/aromatic N) is 1. The molecule has 1 aliphatic carbocycles. The molecule has 3 fully saturated rings. The summed E-state index contributed by atoms with van der Waals surface area (Å²) in [6.45, 7) is 3.21. The monoisotopic (exact) mass is 520 g/mol. The maximum atomic E-state index is 12.8. The molecule has 202 valence electrons. The van der Waals surface area contributed by atoms with Gasteiger partial charge in [0.05, 0.1) is 25.1 Å². The molecule has 0 bridgehead atoms. The first-order valence-corrected chi connectivity index (χ1v) is 13.6. The van der Waals surface area contributed by atoms with Gasteiger partial charge in [-0.25, -0.2) is 4.79 Å². The number of amides is 1. The number of likely N-dealkylation sites (tertiary alicyclic amines) is 1. The first-order valence-electron chi connectivity index (χ1n) is 13.6. The van der Waals surface area contributed by atoms with E-state index in [1.54, 1.807) is 29.2 Å². The molecule has 5 rings (SSSR count). The van der Waals surface area contributed by atoms with Crippen molar-refractivity contribution >= 4 is 17.8 Å². The Morgan fingerprint density at radius 2 is 1.82 bits per heavy atom. The van der Waals surface area contributed by atoms with E-state index in [9.17, 15) is 14.4 Å². The summed E-state index contributed by atoms with van der Waals surface area (Å²) in [4.78, 5) is 38.5. The van der Waals surface area contributed by atoms with Crippen molar-refractivity contribution in [2.45, 2.75) is 69.6 Å². The molecule has 4 atom stereocenters. The van der Waals surface area contributed by atoms with E-state index in [1.165, 1.54) is 18.4 Å². The third kappa shape index (κ3) is 6.54. The van der Waals surface area contributed by atoms with Crippen LogP contribution in [0.4, 0.5) is 0 Å². The Morgan fingerprint density at radius 1 is 1.08 bits per heavy atom. The van der Waals surface area contributed by atoms with Crippen LogP contribution < -0.4 is 10.5 Å². The van der Waals surface area contributed by atoms with Crippen molar-refractivity contribution in [3.05, 3.63) is 65.2 Å². The lowest BCUT2D eigenvalue weighted by molar-refractivity contribution is -0.138. The highest BCUT2D eigenvalue weighted by Crippen LogP contribution is 2.40. The Balaban J connectivity index is 1.14. The van der Waals surface area contributed by atoms with Crippen LogP contribution in [0.15, 0.2) is 48.5 Å². The molecule has 2 aromatic carbocycles. The van der Waals surface area contributed by atoms with Crippen LogP contribution in [0.1, 0.15) is 79.0 Å². The smallest absolute Gasteiger partial charge is 0.338 e. The topological polar surface area (TPSA) is 108 Å². The van der Waals surface area contributed by atoms with Gasteiger partial charge in [0, 0.05) is 24.9 Å². The number of benzene rings is 2. The number of carbonyl (C=O) groups excluding carboxylic acids is 3. The van der Waals surface area contributed by atoms with E-state index in [0.29, 0.717) is 43.3 Å². The number of rotatable bonds is 9. The Kier molecular flexibility index (Phi) is 7.98. The van der Waals surface area contributed by atoms with E-state index in [2.05, 4.69) is 24.3 Å². The molecule has 3 unspecified atom stereocenters. The fraction of sp³-hybridized carbons (Fsp3) is 0.500. The maximum Gasteiger partial charge on any atom is 0.338 e. The normalized spacial score (nSPS) is 22.9. The van der Waals surface area contributed by atoms with Crippen LogP contribution >= 0.6 is 0 Å². The summed E-state index contributed by atoms with van der Waals surface area (Å²) in [6.07, 6.45) is 3.89. The highest BCUT2D eigenvalue weighted by Gasteiger charge is 2.31. The minimum absolute atomic E-state index is 0.0265. The summed E-state index contributed by atoms with van der Waals surface area (Å²) >= 11 is 0. The van der Waals surface area contributed by atoms with Crippen LogP contribution in [-0.4, -0.2) is 54.6 Å². The van der Waals surface area contributed by atoms with Crippen molar-refractivity contribution in [3.63, 3.8) is 0 Å². The van der Waals surface area contributed by atoms with Crippen molar-refractivity contribution in [2.24, 2.45) is 11.7 Å². The number of esters is 2. The highest BCUT2D eigenvalue weighted by atomic mass is 16.5. The Bertz CT molecular complexity index is 1140. The van der Waals surface area contributed by atoms with Crippen molar-refractivity contribution in [2.75, 3.05) is 19.7 Å². The quantitative estimate of drug-likeness (QED) is 0.495. The highest BCUT2D eigenvalue weighted by molar-refractivity contribution is 5.89. The lowest BCUT2D eigenvalue weighted by Gasteiger charge is -2.33. The van der Waals surface area contributed by atoms with Crippen molar-refractivity contribution in [1.29, 1.82) is 0 Å². The van der Waals surface area contributed by atoms with Crippen molar-refractivity contribution < 1.29 is 28.6 Å². The second kappa shape index (κ2) is 11.6. The van der Waals surface area contributed by atoms with E-state index in [0.717, 1.165) is 12.0 Å². The van der Waals surface area contributed by atoms with E-state index in [-0.39, 0.29) is 48.9 Å². The lowest BCUT2D eigenvalue weighted by atomic mass is 10.0. The number of hydrogen-bond donors (Lipinski definition) is 1. The van der Waals surface area contributed by atoms with Crippen LogP contribution in [0.25, 0.3) is 0 Å². The second-order valence-corrected chi connectivity index (χ2v) is 10.8. The zero-order valence-corrected chi connectivity index (χ0v) is 21.8. The van der Waals surface area contributed by atoms with Gasteiger partial charge >= 0.3 is 11.9 Å². The summed E-state index contributed by atoms with van der Waals surface area (Å²) in [7, 11) is 0. The number of ether oxygens (including phenoxy) is 3. The zero-order valence-electron chi connectivity index (χ0n) is 21.8. The summed E-state index contributed by atoms with van der Waals surface area (Å²) < 4.78 is 16.9. The van der Waals surface area contributed by atoms with Crippen LogP contribution in [0.5, 0.6) is 5.75 Å². The third-order valence-corrected chi connectivity index (χ3v) is 7.55. The van der Waals surface area contributed by atoms with Gasteiger partial charge in [-0.05, 0) is 73.9 Å². The lowest BCUT2D eigenvalue weighted by Crippen LogP contribution is -2.44. The Morgan fingerprint density at radius 3 is 2.45 bits per heavy atom. The predicted octanol–water partition coefficient (Wildman–Crippen LogP) is 4.13. The van der Waals surface area contributed by atoms with Gasteiger partial charge in [-0.3, -0.25) is 9.59 Å². The summed E-state index contributed by atoms with van der Waals surface area (Å²) in [5.41, 5.74) is 9.06. The molecule has 2 aromatic rings. The predicted molar refractivity (Wildman–Crippen MR) is 141 cm³/mol. The van der Waals surface area contributed by atoms with Gasteiger partial charge in [-0.2, -0.15) is 0 Å². The van der Waals surface area contributed by atoms with Crippen LogP contribution in [0.3, 0.4) is 0 Å². The standard InChI is InChI=1S/C30H36N2O6/c1-19(31)29(23-8-6-22(7-9-23)21-4-5-21)37-25-12-10-24(11-13-25)30(35)38-26-3-2-14-32(17-26)27(33)15-20-16-28(34)36-18-20/h6-13,19-21,26,29H,2-5,14-18,31H2,1H3/t19?,20?,26?,29-/m0/s1. The first-order chi connectivity index (χ1) is 18.4. The average molecular weight is 521 g/mol. The molecule has 0 spiro atoms. The Labute approximate surface area is 223 Å². The van der Waals surface area contributed by atoms with Crippen LogP contribution in [-0.2, 0) is 19.1 Å². The van der Waals surface area contributed by atoms with E-state index < -0.39 is 5.97 Å². The molecule has 2 heterocycles. The van der Waals surface area contributed by atoms with Crippen molar-refractivity contribution in [1.82, 2.24) is 4.90 Å². The molecule has 38 heavy (non-hydrogen) atoms. The van der Waals surface area contributed by atoms with E-state index in [4.69, 9.17) is 19.9 Å². The minimum atomic E-state index is -0.426. The Hall–Kier alpha value is -3.39. The van der Waals surface area contributed by atoms with Gasteiger partial charge in [0.15, 0.2) is 0 Å². The fourth-order valence-corrected chi connectivity index (χ4v) is 5.22. The van der Waals surface area contributed by atoms with Gasteiger partial charge in [0.2, 0.25) is 5.91 Å². The van der Waals surface area contributed by atoms with Crippen LogP contribution in [0, 0.1) is 5.92 Å². The number of piperidine rings is 1. The SMILES string of the molecule is CC(N)[C@H](Oc1ccc(C(=O)OC2CCCN(C(=O)CC3COC(=O)C3)C2)cc1)c1ccc(C2CC2)cc1. The molecule has 2 saturated heterocycles. The van der Waals surface area contributed by atoms with Crippen molar-refractivity contribution in [3.8, 4) is 5.75 Å². The summed E-state index contributed by atoms with van der Waals surface area (Å²) in [5.74, 6) is 0.551. The molecule has 2 aliphatic heterocycles. The van der Waals surface area contributed by atoms with Gasteiger partial charge in [-0.1, -0.05) is 24.3 Å². The maximum absolute atomic E-state index is 12.8. The molecular formula is C30H36N2O6. The van der Waals surface area contributed by atoms with Gasteiger partial charge in [0.25, 0.3) is 0 Å². The molecule has 8 nitrogen and oxygen atoms in total. The number of carbonyl (C=O) groups is 3. The minimum Gasteiger partial charge on any atom is -0.484 e. The summed E-state index contributed by atoms with van der Waals surface area (Å²) in [6, 6.07) is 15.2. The van der Waals surface area contributed by atoms with E-state index >= 15 is 0 Å². The molecule has 2 N–H and O–H groups in total. The summed E-state index contributed by atoms with van der Waals surface area (Å²) in [5, 5.41) is 0. The largest absolute Gasteiger partial charge is 0.484 e. The molecule has 0 radical (unpaired) electrons. The van der Waals surface area contributed by atoms with E-state index in [1.807, 2.05) is 6.92 Å². The molecule has 8 heteroatoms. The number of nitrogens with two attached hydrogens (primary N) is 1. The van der Waals surface area contributed by atoms with Gasteiger partial charge in [0.1, 0.15) is 18.0 Å². The molecule has 0 aromatic heterocycles. The number of cyclic esters (lactones) is 1. The van der Waals surface area contributed by atoms with Gasteiger partial charge < -0.3 is 24.8 Å². The second-order valence-electron chi connectivity index (χ2n) is 10.8. The molecule has 1 amide bonds. The molecular weight excluding hydrogens is 484 g/mol. The molecule has 3 aliphatic rings. The third-order valence-electron chi connectivity index (χ3n) is 7.55. The van der Waals surface area contributed by atoms with Crippen LogP contribution in [0.2, 0.25) is 0 Å². The first kappa shape index (κ1) is 26.2. The zero-order chi connectivity index (χ0) is 26.6. The van der Waals surface area contributed by atoms with Gasteiger partial charge in [-0.15, -0.1) is 0 Å². The average Bonchev–Trinajstić information content (AvgIpc) is 3.69. The molecule has 1 saturated carbocycles. The fourth-order valence-electron chi connectivity index (χ4n) is 5.22. The number of hydrogen-bond acceptors (Lipinski definition) is 7.